The van der Waals surface area contributed by atoms with Gasteiger partial charge in [-0.05, 0) is 24.3 Å². The molecule has 0 aliphatic rings. The molecule has 0 amide bonds. The summed E-state index contributed by atoms with van der Waals surface area (Å²) in [5.74, 6) is 0. The molecule has 2 radical (unpaired) electrons. The summed E-state index contributed by atoms with van der Waals surface area (Å²) < 4.78 is 30.7. The van der Waals surface area contributed by atoms with Gasteiger partial charge in [0, 0.05) is 0 Å². The van der Waals surface area contributed by atoms with Gasteiger partial charge in [0.25, 0.3) is 0 Å². The summed E-state index contributed by atoms with van der Waals surface area (Å²) in [5, 5.41) is 0. The summed E-state index contributed by atoms with van der Waals surface area (Å²) in [5.41, 5.74) is 9.03. The quantitative estimate of drug-likeness (QED) is 0.663. The van der Waals surface area contributed by atoms with Crippen molar-refractivity contribution >= 4 is 21.7 Å². The van der Waals surface area contributed by atoms with E-state index in [1.807, 2.05) is 4.72 Å². The smallest absolute Gasteiger partial charge is 0.269 e. The maximum absolute atomic E-state index is 10.3. The Morgan fingerprint density at radius 3 is 2.17 bits per heavy atom. The lowest BCUT2D eigenvalue weighted by Gasteiger charge is -2.00. The monoisotopic (exact) mass is 186 g/mol. The summed E-state index contributed by atoms with van der Waals surface area (Å²) in [6.45, 7) is 0. The van der Waals surface area contributed by atoms with E-state index < -0.39 is 10.3 Å². The van der Waals surface area contributed by atoms with Crippen molar-refractivity contribution < 1.29 is 13.0 Å². The zero-order valence-electron chi connectivity index (χ0n) is 5.93. The van der Waals surface area contributed by atoms with Crippen molar-refractivity contribution in [2.75, 3.05) is 4.72 Å². The highest BCUT2D eigenvalue weighted by molar-refractivity contribution is 7.87. The van der Waals surface area contributed by atoms with Crippen molar-refractivity contribution in [1.29, 1.82) is 0 Å². The largest absolute Gasteiger partial charge is 0.357 e. The Hall–Kier alpha value is -1.27. The van der Waals surface area contributed by atoms with Crippen LogP contribution in [0.3, 0.4) is 0 Å². The first kappa shape index (κ1) is 8.82. The van der Waals surface area contributed by atoms with Crippen LogP contribution in [0.5, 0.6) is 0 Å². The molecule has 0 aliphatic carbocycles. The first-order chi connectivity index (χ1) is 5.47. The van der Waals surface area contributed by atoms with Crippen molar-refractivity contribution in [3.8, 4) is 0 Å². The van der Waals surface area contributed by atoms with Crippen LogP contribution < -0.4 is 10.5 Å². The maximum atomic E-state index is 10.3. The summed E-state index contributed by atoms with van der Waals surface area (Å²) in [7, 11) is -4.22. The second-order valence-electron chi connectivity index (χ2n) is 2.12. The van der Waals surface area contributed by atoms with Crippen LogP contribution in [0.1, 0.15) is 0 Å². The lowest BCUT2D eigenvalue weighted by molar-refractivity contribution is 0.490. The first-order valence-corrected chi connectivity index (χ1v) is 4.46. The summed E-state index contributed by atoms with van der Waals surface area (Å²) in [4.78, 5) is 0. The highest BCUT2D eigenvalue weighted by atomic mass is 32.2. The molecular weight excluding hydrogens is 180 g/mol. The average molecular weight is 186 g/mol. The molecule has 0 unspecified atom stereocenters. The van der Waals surface area contributed by atoms with Gasteiger partial charge in [0.15, 0.2) is 0 Å². The molecule has 1 aromatic rings. The molecule has 0 saturated carbocycles. The van der Waals surface area contributed by atoms with Crippen molar-refractivity contribution in [3.63, 3.8) is 0 Å². The molecule has 0 bridgehead atoms. The Morgan fingerprint density at radius 1 is 1.25 bits per heavy atom. The predicted octanol–water partition coefficient (Wildman–Crippen LogP) is 0.601. The van der Waals surface area contributed by atoms with Gasteiger partial charge in [0.05, 0.1) is 11.4 Å². The average Bonchev–Trinajstić information content (AvgIpc) is 1.91. The minimum atomic E-state index is -4.22. The van der Waals surface area contributed by atoms with Gasteiger partial charge < -0.3 is 0 Å². The number of nitrogens with one attached hydrogen (secondary N) is 1. The van der Waals surface area contributed by atoms with Gasteiger partial charge in [-0.3, -0.25) is 9.27 Å². The molecule has 6 heteroatoms. The van der Waals surface area contributed by atoms with Gasteiger partial charge in [0.2, 0.25) is 0 Å². The van der Waals surface area contributed by atoms with Crippen molar-refractivity contribution in [2.45, 2.75) is 0 Å². The molecule has 0 aromatic heterocycles. The second kappa shape index (κ2) is 3.00. The van der Waals surface area contributed by atoms with Gasteiger partial charge in [0.1, 0.15) is 0 Å². The normalized spacial score (nSPS) is 11.1. The number of hydrogen-bond donors (Lipinski definition) is 2. The number of hydrogen-bond acceptors (Lipinski definition) is 2. The number of anilines is 1. The Kier molecular flexibility index (Phi) is 2.20. The second-order valence-corrected chi connectivity index (χ2v) is 3.28. The van der Waals surface area contributed by atoms with E-state index in [0.717, 1.165) is 0 Å². The Balaban J connectivity index is 2.85. The zero-order valence-corrected chi connectivity index (χ0v) is 6.75. The number of benzene rings is 1. The van der Waals surface area contributed by atoms with E-state index in [0.29, 0.717) is 0 Å². The van der Waals surface area contributed by atoms with E-state index in [-0.39, 0.29) is 11.4 Å². The molecule has 0 atom stereocenters. The fraction of sp³-hybridized carbons (Fsp3) is 0. The Labute approximate surface area is 70.1 Å². The molecule has 0 saturated heterocycles. The van der Waals surface area contributed by atoms with E-state index in [2.05, 4.69) is 0 Å². The third-order valence-electron chi connectivity index (χ3n) is 1.11. The molecule has 5 nitrogen and oxygen atoms in total. The van der Waals surface area contributed by atoms with E-state index in [9.17, 15) is 8.42 Å². The predicted molar refractivity (Wildman–Crippen MR) is 43.4 cm³/mol. The molecule has 0 fully saturated rings. The van der Waals surface area contributed by atoms with Gasteiger partial charge in [-0.1, -0.05) is 0 Å². The minimum absolute atomic E-state index is 0.0240. The molecule has 2 N–H and O–H groups in total. The zero-order chi connectivity index (χ0) is 9.19. The lowest BCUT2D eigenvalue weighted by atomic mass is 10.3. The maximum Gasteiger partial charge on any atom is 0.357 e. The molecule has 1 aromatic carbocycles. The van der Waals surface area contributed by atoms with Crippen molar-refractivity contribution in [1.82, 2.24) is 5.73 Å². The van der Waals surface area contributed by atoms with Crippen molar-refractivity contribution in [3.05, 3.63) is 24.3 Å². The fourth-order valence-electron chi connectivity index (χ4n) is 0.678. The van der Waals surface area contributed by atoms with Crippen LogP contribution in [-0.2, 0) is 10.3 Å². The summed E-state index contributed by atoms with van der Waals surface area (Å²) in [6.07, 6.45) is 0. The number of nitrogens with zero attached hydrogens (tertiary/aromatic N) is 1. The van der Waals surface area contributed by atoms with Crippen molar-refractivity contribution in [2.24, 2.45) is 0 Å². The van der Waals surface area contributed by atoms with Crippen LogP contribution in [0, 0.1) is 0 Å². The molecule has 64 valence electrons. The van der Waals surface area contributed by atoms with Gasteiger partial charge in [-0.2, -0.15) is 14.2 Å². The van der Waals surface area contributed by atoms with Crippen LogP contribution in [0.25, 0.3) is 0 Å². The SMILES string of the molecule is [N]c1ccc(NS(=O)(=O)O)cc1. The van der Waals surface area contributed by atoms with Crippen LogP contribution in [0.4, 0.5) is 11.4 Å². The molecule has 12 heavy (non-hydrogen) atoms. The van der Waals surface area contributed by atoms with Crippen LogP contribution >= 0.6 is 0 Å². The van der Waals surface area contributed by atoms with E-state index in [1.165, 1.54) is 24.3 Å². The van der Waals surface area contributed by atoms with Gasteiger partial charge in [-0.15, -0.1) is 0 Å². The van der Waals surface area contributed by atoms with Crippen LogP contribution in [0.2, 0.25) is 0 Å². The Morgan fingerprint density at radius 2 is 1.75 bits per heavy atom. The first-order valence-electron chi connectivity index (χ1n) is 3.02. The summed E-state index contributed by atoms with van der Waals surface area (Å²) in [6, 6.07) is 5.24. The highest BCUT2D eigenvalue weighted by Crippen LogP contribution is 2.12. The lowest BCUT2D eigenvalue weighted by Crippen LogP contribution is -2.09. The molecule has 0 heterocycles. The van der Waals surface area contributed by atoms with E-state index >= 15 is 0 Å². The molecule has 0 aliphatic heterocycles. The van der Waals surface area contributed by atoms with Gasteiger partial charge in [-0.25, -0.2) is 0 Å². The standard InChI is InChI=1S/C6H6N2O3S/c7-5-1-3-6(4-2-5)8-12(9,10)11/h1-4,8H,(H,9,10,11). The minimum Gasteiger partial charge on any atom is -0.269 e. The third-order valence-corrected chi connectivity index (χ3v) is 1.61. The van der Waals surface area contributed by atoms with E-state index in [4.69, 9.17) is 10.3 Å². The highest BCUT2D eigenvalue weighted by Gasteiger charge is 2.02. The van der Waals surface area contributed by atoms with Crippen LogP contribution in [0.15, 0.2) is 24.3 Å². The molecule has 1 rings (SSSR count). The van der Waals surface area contributed by atoms with Gasteiger partial charge >= 0.3 is 10.3 Å². The topological polar surface area (TPSA) is 88.7 Å². The summed E-state index contributed by atoms with van der Waals surface area (Å²) >= 11 is 0. The molecular formula is C6H6N2O3S. The fourth-order valence-corrected chi connectivity index (χ4v) is 1.11. The van der Waals surface area contributed by atoms with Crippen LogP contribution in [-0.4, -0.2) is 13.0 Å². The number of rotatable bonds is 2. The van der Waals surface area contributed by atoms with E-state index in [1.54, 1.807) is 0 Å². The Bertz CT molecular complexity index is 357. The molecule has 0 spiro atoms. The third kappa shape index (κ3) is 2.77.